The largest absolute Gasteiger partial charge is 0.381 e. The van der Waals surface area contributed by atoms with E-state index < -0.39 is 0 Å². The zero-order valence-electron chi connectivity index (χ0n) is 10.1. The van der Waals surface area contributed by atoms with Gasteiger partial charge in [-0.2, -0.15) is 5.10 Å². The van der Waals surface area contributed by atoms with Gasteiger partial charge in [-0.05, 0) is 32.3 Å². The van der Waals surface area contributed by atoms with E-state index in [9.17, 15) is 0 Å². The SMILES string of the molecule is CC(Cn1cccn1)NC(C)C1CCOC1. The maximum absolute atomic E-state index is 5.41. The molecule has 1 aliphatic heterocycles. The Labute approximate surface area is 97.0 Å². The van der Waals surface area contributed by atoms with E-state index in [1.807, 2.05) is 23.1 Å². The molecule has 0 saturated carbocycles. The summed E-state index contributed by atoms with van der Waals surface area (Å²) in [5.74, 6) is 0.667. The van der Waals surface area contributed by atoms with Crippen molar-refractivity contribution in [2.24, 2.45) is 5.92 Å². The van der Waals surface area contributed by atoms with Gasteiger partial charge in [0, 0.05) is 31.1 Å². The van der Waals surface area contributed by atoms with Crippen LogP contribution in [0.5, 0.6) is 0 Å². The first-order chi connectivity index (χ1) is 7.75. The maximum Gasteiger partial charge on any atom is 0.0560 e. The molecule has 1 aliphatic rings. The summed E-state index contributed by atoms with van der Waals surface area (Å²) in [6.45, 7) is 7.20. The predicted molar refractivity (Wildman–Crippen MR) is 63.2 cm³/mol. The van der Waals surface area contributed by atoms with Crippen molar-refractivity contribution >= 4 is 0 Å². The molecule has 1 fully saturated rings. The van der Waals surface area contributed by atoms with Gasteiger partial charge in [-0.15, -0.1) is 0 Å². The third-order valence-corrected chi connectivity index (χ3v) is 3.24. The Kier molecular flexibility index (Phi) is 3.96. The van der Waals surface area contributed by atoms with Crippen molar-refractivity contribution < 1.29 is 4.74 Å². The van der Waals surface area contributed by atoms with Crippen molar-refractivity contribution in [1.82, 2.24) is 15.1 Å². The summed E-state index contributed by atoms with van der Waals surface area (Å²) in [5, 5.41) is 7.83. The first-order valence-corrected chi connectivity index (χ1v) is 6.07. The van der Waals surface area contributed by atoms with E-state index in [1.165, 1.54) is 6.42 Å². The number of ether oxygens (including phenoxy) is 1. The minimum atomic E-state index is 0.440. The Bertz CT molecular complexity index is 293. The van der Waals surface area contributed by atoms with Crippen LogP contribution in [0.4, 0.5) is 0 Å². The van der Waals surface area contributed by atoms with Gasteiger partial charge in [-0.3, -0.25) is 4.68 Å². The van der Waals surface area contributed by atoms with Gasteiger partial charge in [0.05, 0.1) is 13.2 Å². The molecule has 3 atom stereocenters. The monoisotopic (exact) mass is 223 g/mol. The van der Waals surface area contributed by atoms with Crippen molar-refractivity contribution in [2.75, 3.05) is 13.2 Å². The molecule has 1 aromatic rings. The number of rotatable bonds is 5. The minimum Gasteiger partial charge on any atom is -0.381 e. The molecular weight excluding hydrogens is 202 g/mol. The quantitative estimate of drug-likeness (QED) is 0.817. The molecule has 3 unspecified atom stereocenters. The third-order valence-electron chi connectivity index (χ3n) is 3.24. The van der Waals surface area contributed by atoms with E-state index in [4.69, 9.17) is 4.74 Å². The van der Waals surface area contributed by atoms with Gasteiger partial charge in [0.1, 0.15) is 0 Å². The first kappa shape index (κ1) is 11.6. The summed E-state index contributed by atoms with van der Waals surface area (Å²) in [4.78, 5) is 0. The summed E-state index contributed by atoms with van der Waals surface area (Å²) in [5.41, 5.74) is 0. The lowest BCUT2D eigenvalue weighted by Gasteiger charge is -2.24. The molecule has 1 saturated heterocycles. The normalized spacial score (nSPS) is 24.5. The second-order valence-corrected chi connectivity index (χ2v) is 4.71. The first-order valence-electron chi connectivity index (χ1n) is 6.07. The molecule has 0 spiro atoms. The highest BCUT2D eigenvalue weighted by molar-refractivity contribution is 4.81. The fourth-order valence-electron chi connectivity index (χ4n) is 2.27. The van der Waals surface area contributed by atoms with Crippen LogP contribution < -0.4 is 5.32 Å². The second kappa shape index (κ2) is 5.46. The molecule has 0 amide bonds. The van der Waals surface area contributed by atoms with E-state index in [-0.39, 0.29) is 0 Å². The molecule has 0 radical (unpaired) electrons. The topological polar surface area (TPSA) is 39.1 Å². The van der Waals surface area contributed by atoms with Crippen LogP contribution >= 0.6 is 0 Å². The van der Waals surface area contributed by atoms with E-state index in [0.717, 1.165) is 19.8 Å². The van der Waals surface area contributed by atoms with Gasteiger partial charge in [-0.25, -0.2) is 0 Å². The number of hydrogen-bond acceptors (Lipinski definition) is 3. The molecule has 2 rings (SSSR count). The number of aromatic nitrogens is 2. The highest BCUT2D eigenvalue weighted by atomic mass is 16.5. The van der Waals surface area contributed by atoms with Gasteiger partial charge < -0.3 is 10.1 Å². The molecule has 0 bridgehead atoms. The van der Waals surface area contributed by atoms with E-state index >= 15 is 0 Å². The van der Waals surface area contributed by atoms with E-state index in [0.29, 0.717) is 18.0 Å². The summed E-state index contributed by atoms with van der Waals surface area (Å²) >= 11 is 0. The van der Waals surface area contributed by atoms with Crippen LogP contribution in [0.3, 0.4) is 0 Å². The summed E-state index contributed by atoms with van der Waals surface area (Å²) < 4.78 is 7.38. The average Bonchev–Trinajstić information content (AvgIpc) is 2.88. The van der Waals surface area contributed by atoms with Crippen molar-refractivity contribution in [3.8, 4) is 0 Å². The predicted octanol–water partition coefficient (Wildman–Crippen LogP) is 1.29. The molecular formula is C12H21N3O. The molecule has 90 valence electrons. The number of nitrogens with one attached hydrogen (secondary N) is 1. The lowest BCUT2D eigenvalue weighted by molar-refractivity contribution is 0.176. The average molecular weight is 223 g/mol. The Morgan fingerprint density at radius 2 is 2.44 bits per heavy atom. The summed E-state index contributed by atoms with van der Waals surface area (Å²) in [7, 11) is 0. The zero-order valence-corrected chi connectivity index (χ0v) is 10.1. The molecule has 0 aliphatic carbocycles. The molecule has 1 N–H and O–H groups in total. The number of hydrogen-bond donors (Lipinski definition) is 1. The second-order valence-electron chi connectivity index (χ2n) is 4.71. The Hall–Kier alpha value is -0.870. The highest BCUT2D eigenvalue weighted by Gasteiger charge is 2.23. The van der Waals surface area contributed by atoms with Crippen LogP contribution in [0, 0.1) is 5.92 Å². The molecule has 4 heteroatoms. The number of nitrogens with zero attached hydrogens (tertiary/aromatic N) is 2. The van der Waals surface area contributed by atoms with Crippen molar-refractivity contribution in [3.63, 3.8) is 0 Å². The maximum atomic E-state index is 5.41. The van der Waals surface area contributed by atoms with Crippen LogP contribution in [-0.2, 0) is 11.3 Å². The Morgan fingerprint density at radius 3 is 3.06 bits per heavy atom. The smallest absolute Gasteiger partial charge is 0.0560 e. The zero-order chi connectivity index (χ0) is 11.4. The van der Waals surface area contributed by atoms with Crippen molar-refractivity contribution in [1.29, 1.82) is 0 Å². The molecule has 16 heavy (non-hydrogen) atoms. The van der Waals surface area contributed by atoms with Crippen molar-refractivity contribution in [3.05, 3.63) is 18.5 Å². The lowest BCUT2D eigenvalue weighted by Crippen LogP contribution is -2.41. The summed E-state index contributed by atoms with van der Waals surface area (Å²) in [6.07, 6.45) is 5.01. The molecule has 2 heterocycles. The fraction of sp³-hybridized carbons (Fsp3) is 0.750. The van der Waals surface area contributed by atoms with Gasteiger partial charge in [-0.1, -0.05) is 0 Å². The van der Waals surface area contributed by atoms with Crippen LogP contribution in [0.25, 0.3) is 0 Å². The van der Waals surface area contributed by atoms with Crippen LogP contribution in [0.15, 0.2) is 18.5 Å². The van der Waals surface area contributed by atoms with Crippen LogP contribution in [0.2, 0.25) is 0 Å². The third kappa shape index (κ3) is 3.06. The fourth-order valence-corrected chi connectivity index (χ4v) is 2.27. The van der Waals surface area contributed by atoms with Gasteiger partial charge in [0.2, 0.25) is 0 Å². The Balaban J connectivity index is 1.75. The van der Waals surface area contributed by atoms with Crippen molar-refractivity contribution in [2.45, 2.75) is 38.9 Å². The lowest BCUT2D eigenvalue weighted by atomic mass is 10.00. The van der Waals surface area contributed by atoms with Gasteiger partial charge >= 0.3 is 0 Å². The van der Waals surface area contributed by atoms with Crippen LogP contribution in [-0.4, -0.2) is 35.1 Å². The highest BCUT2D eigenvalue weighted by Crippen LogP contribution is 2.16. The van der Waals surface area contributed by atoms with E-state index in [2.05, 4.69) is 24.3 Å². The van der Waals surface area contributed by atoms with E-state index in [1.54, 1.807) is 0 Å². The molecule has 4 nitrogen and oxygen atoms in total. The summed E-state index contributed by atoms with van der Waals surface area (Å²) in [6, 6.07) is 2.92. The van der Waals surface area contributed by atoms with Gasteiger partial charge in [0.15, 0.2) is 0 Å². The minimum absolute atomic E-state index is 0.440. The Morgan fingerprint density at radius 1 is 1.56 bits per heavy atom. The molecule has 0 aromatic carbocycles. The molecule has 1 aromatic heterocycles. The standard InChI is InChI=1S/C12H21N3O/c1-10(8-15-6-3-5-13-15)14-11(2)12-4-7-16-9-12/h3,5-6,10-12,14H,4,7-9H2,1-2H3. The van der Waals surface area contributed by atoms with Crippen LogP contribution in [0.1, 0.15) is 20.3 Å². The van der Waals surface area contributed by atoms with Gasteiger partial charge in [0.25, 0.3) is 0 Å².